The first kappa shape index (κ1) is 21.1. The van der Waals surface area contributed by atoms with E-state index in [0.717, 1.165) is 14.9 Å². The van der Waals surface area contributed by atoms with Gasteiger partial charge in [-0.3, -0.25) is 19.2 Å². The Kier molecular flexibility index (Phi) is 4.53. The number of nitrogens with zero attached hydrogens (tertiary/aromatic N) is 1. The lowest BCUT2D eigenvalue weighted by atomic mass is 9.77. The number of hydrogen-bond acceptors (Lipinski definition) is 5. The zero-order chi connectivity index (χ0) is 23.8. The third kappa shape index (κ3) is 2.65. The number of benzene rings is 3. The fourth-order valence-corrected chi connectivity index (χ4v) is 5.68. The van der Waals surface area contributed by atoms with Crippen molar-refractivity contribution in [3.63, 3.8) is 0 Å². The predicted octanol–water partition coefficient (Wildman–Crippen LogP) is 4.45. The molecule has 0 saturated carbocycles. The first-order valence-corrected chi connectivity index (χ1v) is 11.7. The maximum atomic E-state index is 13.8. The summed E-state index contributed by atoms with van der Waals surface area (Å²) in [6, 6.07) is 20.6. The summed E-state index contributed by atoms with van der Waals surface area (Å²) in [6.45, 7) is 1.93. The van der Waals surface area contributed by atoms with Gasteiger partial charge in [0.2, 0.25) is 29.0 Å². The van der Waals surface area contributed by atoms with Gasteiger partial charge in [-0.25, -0.2) is 4.90 Å². The van der Waals surface area contributed by atoms with Gasteiger partial charge in [-0.1, -0.05) is 70.0 Å². The lowest BCUT2D eigenvalue weighted by molar-refractivity contribution is -0.127. The molecule has 2 aliphatic heterocycles. The van der Waals surface area contributed by atoms with Crippen LogP contribution in [-0.4, -0.2) is 29.0 Å². The standard InChI is InChI=1S/C27H18BrNO5/c1-14-6-8-15(9-7-14)22-20-21(26(33)29(25(20)32)17-12-10-16(28)11-13-17)27(34-22)23(30)18-4-2-3-5-19(18)24(27)31/h2-13,20-22H,1H3/t20-,21+,22-/m0/s1. The van der Waals surface area contributed by atoms with Crippen LogP contribution < -0.4 is 4.90 Å². The van der Waals surface area contributed by atoms with Crippen molar-refractivity contribution in [2.45, 2.75) is 18.6 Å². The number of imide groups is 1. The number of aryl methyl sites for hydroxylation is 1. The molecular weight excluding hydrogens is 498 g/mol. The lowest BCUT2D eigenvalue weighted by Gasteiger charge is -2.27. The summed E-state index contributed by atoms with van der Waals surface area (Å²) < 4.78 is 7.07. The van der Waals surface area contributed by atoms with Crippen LogP contribution in [-0.2, 0) is 14.3 Å². The van der Waals surface area contributed by atoms with Gasteiger partial charge in [-0.05, 0) is 36.8 Å². The van der Waals surface area contributed by atoms with Crippen molar-refractivity contribution in [3.05, 3.63) is 99.5 Å². The molecule has 34 heavy (non-hydrogen) atoms. The Balaban J connectivity index is 1.54. The Bertz CT molecular complexity index is 1360. The second kappa shape index (κ2) is 7.29. The smallest absolute Gasteiger partial charge is 0.241 e. The summed E-state index contributed by atoms with van der Waals surface area (Å²) in [5.74, 6) is -4.44. The molecule has 3 aromatic rings. The molecule has 2 amide bonds. The maximum Gasteiger partial charge on any atom is 0.241 e. The van der Waals surface area contributed by atoms with Crippen molar-refractivity contribution < 1.29 is 23.9 Å². The molecular formula is C27H18BrNO5. The topological polar surface area (TPSA) is 80.8 Å². The number of carbonyl (C=O) groups excluding carboxylic acids is 4. The van der Waals surface area contributed by atoms with Crippen molar-refractivity contribution in [2.24, 2.45) is 11.8 Å². The summed E-state index contributed by atoms with van der Waals surface area (Å²) in [5.41, 5.74) is 0.435. The van der Waals surface area contributed by atoms with Gasteiger partial charge in [0.15, 0.2) is 0 Å². The second-order valence-electron chi connectivity index (χ2n) is 8.88. The van der Waals surface area contributed by atoms with Crippen LogP contribution in [0.1, 0.15) is 37.9 Å². The number of fused-ring (bicyclic) bond motifs is 3. The number of ketones is 2. The molecule has 2 heterocycles. The van der Waals surface area contributed by atoms with E-state index in [4.69, 9.17) is 4.74 Å². The van der Waals surface area contributed by atoms with Crippen LogP contribution in [0.15, 0.2) is 77.3 Å². The Hall–Kier alpha value is -3.42. The first-order valence-electron chi connectivity index (χ1n) is 10.9. The van der Waals surface area contributed by atoms with Gasteiger partial charge in [-0.2, -0.15) is 0 Å². The van der Waals surface area contributed by atoms with E-state index in [1.807, 2.05) is 31.2 Å². The van der Waals surface area contributed by atoms with E-state index < -0.39 is 46.9 Å². The molecule has 0 bridgehead atoms. The monoisotopic (exact) mass is 515 g/mol. The van der Waals surface area contributed by atoms with E-state index in [-0.39, 0.29) is 11.1 Å². The lowest BCUT2D eigenvalue weighted by Crippen LogP contribution is -2.51. The highest BCUT2D eigenvalue weighted by atomic mass is 79.9. The highest BCUT2D eigenvalue weighted by molar-refractivity contribution is 9.10. The van der Waals surface area contributed by atoms with Gasteiger partial charge in [0.25, 0.3) is 0 Å². The number of anilines is 1. The maximum absolute atomic E-state index is 13.8. The molecule has 3 aliphatic rings. The summed E-state index contributed by atoms with van der Waals surface area (Å²) in [4.78, 5) is 56.1. The van der Waals surface area contributed by atoms with Crippen LogP contribution in [0.5, 0.6) is 0 Å². The van der Waals surface area contributed by atoms with Gasteiger partial charge in [0.05, 0.1) is 23.6 Å². The van der Waals surface area contributed by atoms with Gasteiger partial charge in [0.1, 0.15) is 0 Å². The highest BCUT2D eigenvalue weighted by Crippen LogP contribution is 2.57. The summed E-state index contributed by atoms with van der Waals surface area (Å²) >= 11 is 3.36. The molecule has 7 heteroatoms. The molecule has 1 aliphatic carbocycles. The van der Waals surface area contributed by atoms with Crippen molar-refractivity contribution >= 4 is 45.0 Å². The minimum Gasteiger partial charge on any atom is -0.349 e. The molecule has 0 radical (unpaired) electrons. The third-order valence-corrected chi connectivity index (χ3v) is 7.54. The molecule has 168 valence electrons. The van der Waals surface area contributed by atoms with Crippen LogP contribution >= 0.6 is 15.9 Å². The molecule has 6 nitrogen and oxygen atoms in total. The number of amides is 2. The van der Waals surface area contributed by atoms with Crippen LogP contribution in [0.2, 0.25) is 0 Å². The van der Waals surface area contributed by atoms with Crippen molar-refractivity contribution in [1.82, 2.24) is 0 Å². The average Bonchev–Trinajstić information content (AvgIpc) is 3.40. The SMILES string of the molecule is Cc1ccc([C@@H]2OC3(C(=O)c4ccccc4C3=O)[C@H]3C(=O)N(c4ccc(Br)cc4)C(=O)[C@H]23)cc1. The quantitative estimate of drug-likeness (QED) is 0.372. The van der Waals surface area contributed by atoms with E-state index >= 15 is 0 Å². The highest BCUT2D eigenvalue weighted by Gasteiger charge is 2.74. The first-order chi connectivity index (χ1) is 16.3. The number of hydrogen-bond donors (Lipinski definition) is 0. The molecule has 2 fully saturated rings. The molecule has 0 aromatic heterocycles. The molecule has 0 unspecified atom stereocenters. The number of halogens is 1. The van der Waals surface area contributed by atoms with Crippen molar-refractivity contribution in [2.75, 3.05) is 4.90 Å². The fourth-order valence-electron chi connectivity index (χ4n) is 5.42. The van der Waals surface area contributed by atoms with Crippen molar-refractivity contribution in [3.8, 4) is 0 Å². The normalized spacial score (nSPS) is 24.8. The van der Waals surface area contributed by atoms with Crippen molar-refractivity contribution in [1.29, 1.82) is 0 Å². The van der Waals surface area contributed by atoms with Gasteiger partial charge < -0.3 is 4.74 Å². The van der Waals surface area contributed by atoms with E-state index in [9.17, 15) is 19.2 Å². The minimum atomic E-state index is -2.05. The van der Waals surface area contributed by atoms with E-state index in [2.05, 4.69) is 15.9 Å². The van der Waals surface area contributed by atoms with Gasteiger partial charge >= 0.3 is 0 Å². The second-order valence-corrected chi connectivity index (χ2v) is 9.80. The summed E-state index contributed by atoms with van der Waals surface area (Å²) in [7, 11) is 0. The molecule has 0 N–H and O–H groups in total. The minimum absolute atomic E-state index is 0.221. The molecule has 3 atom stereocenters. The molecule has 2 saturated heterocycles. The van der Waals surface area contributed by atoms with Crippen LogP contribution in [0, 0.1) is 18.8 Å². The van der Waals surface area contributed by atoms with Gasteiger partial charge in [0, 0.05) is 15.6 Å². The Morgan fingerprint density at radius 2 is 1.38 bits per heavy atom. The third-order valence-electron chi connectivity index (χ3n) is 7.01. The van der Waals surface area contributed by atoms with Crippen LogP contribution in [0.25, 0.3) is 0 Å². The van der Waals surface area contributed by atoms with Crippen LogP contribution in [0.4, 0.5) is 5.69 Å². The van der Waals surface area contributed by atoms with E-state index in [1.165, 1.54) is 0 Å². The predicted molar refractivity (Wildman–Crippen MR) is 126 cm³/mol. The Morgan fingerprint density at radius 1 is 0.794 bits per heavy atom. The zero-order valence-electron chi connectivity index (χ0n) is 18.0. The van der Waals surface area contributed by atoms with Gasteiger partial charge in [-0.15, -0.1) is 0 Å². The molecule has 1 spiro atoms. The van der Waals surface area contributed by atoms with E-state index in [1.54, 1.807) is 48.5 Å². The number of Topliss-reactive ketones (excluding diaryl/α,β-unsaturated/α-hetero) is 2. The zero-order valence-corrected chi connectivity index (χ0v) is 19.6. The average molecular weight is 516 g/mol. The molecule has 3 aromatic carbocycles. The number of carbonyl (C=O) groups is 4. The number of rotatable bonds is 2. The van der Waals surface area contributed by atoms with E-state index in [0.29, 0.717) is 11.3 Å². The van der Waals surface area contributed by atoms with Crippen LogP contribution in [0.3, 0.4) is 0 Å². The fraction of sp³-hybridized carbons (Fsp3) is 0.185. The summed E-state index contributed by atoms with van der Waals surface area (Å²) in [6.07, 6.45) is -0.912. The summed E-state index contributed by atoms with van der Waals surface area (Å²) in [5, 5.41) is 0. The Labute approximate surface area is 203 Å². The largest absolute Gasteiger partial charge is 0.349 e. The number of ether oxygens (including phenoxy) is 1. The molecule has 6 rings (SSSR count). The Morgan fingerprint density at radius 3 is 1.97 bits per heavy atom.